The molecular formula is C14H21NO4S. The van der Waals surface area contributed by atoms with Crippen molar-refractivity contribution in [1.29, 1.82) is 0 Å². The van der Waals surface area contributed by atoms with Gasteiger partial charge in [-0.1, -0.05) is 37.3 Å². The van der Waals surface area contributed by atoms with Crippen molar-refractivity contribution in [1.82, 2.24) is 4.90 Å². The molecule has 0 aliphatic rings. The number of benzene rings is 1. The molecule has 1 N–H and O–H groups in total. The van der Waals surface area contributed by atoms with E-state index in [-0.39, 0.29) is 12.5 Å². The molecule has 0 aliphatic heterocycles. The largest absolute Gasteiger partial charge is 0.396 e. The maximum absolute atomic E-state index is 12.1. The zero-order chi connectivity index (χ0) is 15.2. The van der Waals surface area contributed by atoms with Gasteiger partial charge in [0.15, 0.2) is 9.84 Å². The van der Waals surface area contributed by atoms with Gasteiger partial charge in [-0.2, -0.15) is 0 Å². The molecule has 1 amide bonds. The summed E-state index contributed by atoms with van der Waals surface area (Å²) in [6, 6.07) is 9.37. The highest BCUT2D eigenvalue weighted by molar-refractivity contribution is 7.91. The number of sulfone groups is 1. The Balaban J connectivity index is 2.82. The first-order valence-electron chi connectivity index (χ1n) is 6.42. The first-order chi connectivity index (χ1) is 9.31. The number of carbonyl (C=O) groups excluding carboxylic acids is 1. The minimum Gasteiger partial charge on any atom is -0.396 e. The molecule has 0 unspecified atom stereocenters. The minimum atomic E-state index is -3.36. The van der Waals surface area contributed by atoms with Gasteiger partial charge in [0.25, 0.3) is 0 Å². The number of carbonyl (C=O) groups is 1. The van der Waals surface area contributed by atoms with Gasteiger partial charge in [0.1, 0.15) is 5.75 Å². The van der Waals surface area contributed by atoms with Gasteiger partial charge in [0.05, 0.1) is 0 Å². The van der Waals surface area contributed by atoms with E-state index in [1.165, 1.54) is 4.90 Å². The van der Waals surface area contributed by atoms with Gasteiger partial charge in [-0.15, -0.1) is 0 Å². The van der Waals surface area contributed by atoms with Crippen molar-refractivity contribution in [2.24, 2.45) is 5.92 Å². The third-order valence-electron chi connectivity index (χ3n) is 2.80. The van der Waals surface area contributed by atoms with Crippen LogP contribution in [0.2, 0.25) is 0 Å². The van der Waals surface area contributed by atoms with Crippen LogP contribution in [0.4, 0.5) is 0 Å². The number of aliphatic hydroxyl groups excluding tert-OH is 1. The summed E-state index contributed by atoms with van der Waals surface area (Å²) >= 11 is 0. The molecule has 1 aromatic carbocycles. The minimum absolute atomic E-state index is 0.0442. The summed E-state index contributed by atoms with van der Waals surface area (Å²) in [7, 11) is -3.36. The highest BCUT2D eigenvalue weighted by Crippen LogP contribution is 2.08. The molecule has 0 fully saturated rings. The lowest BCUT2D eigenvalue weighted by Gasteiger charge is -2.25. The third kappa shape index (κ3) is 6.16. The first-order valence-corrected chi connectivity index (χ1v) is 8.48. The quantitative estimate of drug-likeness (QED) is 0.804. The molecule has 0 spiro atoms. The zero-order valence-electron chi connectivity index (χ0n) is 11.8. The van der Waals surface area contributed by atoms with E-state index in [2.05, 4.69) is 0 Å². The molecule has 0 aromatic heterocycles. The lowest BCUT2D eigenvalue weighted by atomic mass is 10.1. The maximum atomic E-state index is 12.1. The highest BCUT2D eigenvalue weighted by atomic mass is 32.2. The zero-order valence-corrected chi connectivity index (χ0v) is 12.6. The van der Waals surface area contributed by atoms with Crippen LogP contribution in [-0.2, 0) is 21.2 Å². The second kappa shape index (κ2) is 7.40. The third-order valence-corrected chi connectivity index (χ3v) is 3.57. The summed E-state index contributed by atoms with van der Waals surface area (Å²) in [5.41, 5.74) is 0.930. The summed E-state index contributed by atoms with van der Waals surface area (Å²) in [4.78, 5) is 13.6. The molecule has 5 nitrogen and oxygen atoms in total. The van der Waals surface area contributed by atoms with Crippen molar-refractivity contribution in [2.45, 2.75) is 13.5 Å². The Bertz CT molecular complexity index is 527. The van der Waals surface area contributed by atoms with Crippen LogP contribution in [-0.4, -0.2) is 49.5 Å². The molecule has 0 saturated heterocycles. The number of rotatable bonds is 7. The van der Waals surface area contributed by atoms with Crippen molar-refractivity contribution in [2.75, 3.05) is 25.2 Å². The maximum Gasteiger partial charge on any atom is 0.238 e. The van der Waals surface area contributed by atoms with Gasteiger partial charge in [-0.25, -0.2) is 8.42 Å². The first kappa shape index (κ1) is 16.7. The fourth-order valence-electron chi connectivity index (χ4n) is 1.81. The van der Waals surface area contributed by atoms with E-state index >= 15 is 0 Å². The van der Waals surface area contributed by atoms with Crippen molar-refractivity contribution >= 4 is 15.7 Å². The van der Waals surface area contributed by atoms with E-state index in [1.807, 2.05) is 37.3 Å². The topological polar surface area (TPSA) is 74.7 Å². The summed E-state index contributed by atoms with van der Waals surface area (Å²) in [5.74, 6) is -1.03. The smallest absolute Gasteiger partial charge is 0.238 e. The molecular weight excluding hydrogens is 278 g/mol. The van der Waals surface area contributed by atoms with Gasteiger partial charge < -0.3 is 10.0 Å². The van der Waals surface area contributed by atoms with Gasteiger partial charge in [-0.3, -0.25) is 4.79 Å². The van der Waals surface area contributed by atoms with E-state index in [9.17, 15) is 13.2 Å². The summed E-state index contributed by atoms with van der Waals surface area (Å²) < 4.78 is 22.5. The molecule has 1 rings (SSSR count). The molecule has 0 radical (unpaired) electrons. The van der Waals surface area contributed by atoms with Crippen molar-refractivity contribution in [3.05, 3.63) is 35.9 Å². The standard InChI is InChI=1S/C14H21NO4S/c1-12(10-16)8-15(14(17)11-20(2,18)19)9-13-6-4-3-5-7-13/h3-7,12,16H,8-11H2,1-2H3/t12-/m1/s1. The average molecular weight is 299 g/mol. The van der Waals surface area contributed by atoms with Gasteiger partial charge in [0, 0.05) is 26.0 Å². The van der Waals surface area contributed by atoms with Gasteiger partial charge in [-0.05, 0) is 11.5 Å². The van der Waals surface area contributed by atoms with Crippen LogP contribution < -0.4 is 0 Å². The van der Waals surface area contributed by atoms with Crippen LogP contribution in [0.25, 0.3) is 0 Å². The second-order valence-electron chi connectivity index (χ2n) is 5.12. The molecule has 112 valence electrons. The normalized spacial score (nSPS) is 12.9. The predicted molar refractivity (Wildman–Crippen MR) is 77.8 cm³/mol. The number of hydrogen-bond acceptors (Lipinski definition) is 4. The number of aliphatic hydroxyl groups is 1. The summed E-state index contributed by atoms with van der Waals surface area (Å²) in [6.45, 7) is 2.45. The van der Waals surface area contributed by atoms with E-state index in [1.54, 1.807) is 0 Å². The monoisotopic (exact) mass is 299 g/mol. The van der Waals surface area contributed by atoms with Crippen molar-refractivity contribution < 1.29 is 18.3 Å². The molecule has 0 saturated carbocycles. The number of nitrogens with zero attached hydrogens (tertiary/aromatic N) is 1. The molecule has 0 bridgehead atoms. The van der Waals surface area contributed by atoms with Crippen LogP contribution in [0, 0.1) is 5.92 Å². The predicted octanol–water partition coefficient (Wildman–Crippen LogP) is 0.688. The summed E-state index contributed by atoms with van der Waals surface area (Å²) in [6.07, 6.45) is 1.04. The molecule has 1 atom stereocenters. The van der Waals surface area contributed by atoms with Crippen LogP contribution in [0.1, 0.15) is 12.5 Å². The van der Waals surface area contributed by atoms with Crippen molar-refractivity contribution in [3.63, 3.8) is 0 Å². The van der Waals surface area contributed by atoms with Crippen molar-refractivity contribution in [3.8, 4) is 0 Å². The molecule has 0 aliphatic carbocycles. The fourth-order valence-corrected chi connectivity index (χ4v) is 2.44. The van der Waals surface area contributed by atoms with E-state index in [0.29, 0.717) is 13.1 Å². The second-order valence-corrected chi connectivity index (χ2v) is 7.26. The Morgan fingerprint density at radius 2 is 1.90 bits per heavy atom. The fraction of sp³-hybridized carbons (Fsp3) is 0.500. The Morgan fingerprint density at radius 3 is 2.40 bits per heavy atom. The van der Waals surface area contributed by atoms with Crippen LogP contribution in [0.5, 0.6) is 0 Å². The van der Waals surface area contributed by atoms with Crippen LogP contribution in [0.3, 0.4) is 0 Å². The molecule has 6 heteroatoms. The summed E-state index contributed by atoms with van der Waals surface area (Å²) in [5, 5.41) is 9.11. The van der Waals surface area contributed by atoms with E-state index in [4.69, 9.17) is 5.11 Å². The van der Waals surface area contributed by atoms with Crippen LogP contribution in [0.15, 0.2) is 30.3 Å². The van der Waals surface area contributed by atoms with Crippen LogP contribution >= 0.6 is 0 Å². The highest BCUT2D eigenvalue weighted by Gasteiger charge is 2.20. The molecule has 1 aromatic rings. The average Bonchev–Trinajstić information content (AvgIpc) is 2.37. The van der Waals surface area contributed by atoms with E-state index in [0.717, 1.165) is 11.8 Å². The Morgan fingerprint density at radius 1 is 1.30 bits per heavy atom. The van der Waals surface area contributed by atoms with E-state index < -0.39 is 21.5 Å². The SMILES string of the molecule is C[C@@H](CO)CN(Cc1ccccc1)C(=O)CS(C)(=O)=O. The number of amides is 1. The Kier molecular flexibility index (Phi) is 6.16. The van der Waals surface area contributed by atoms with Gasteiger partial charge >= 0.3 is 0 Å². The molecule has 0 heterocycles. The molecule has 20 heavy (non-hydrogen) atoms. The Labute approximate surface area is 120 Å². The van der Waals surface area contributed by atoms with Gasteiger partial charge in [0.2, 0.25) is 5.91 Å². The lowest BCUT2D eigenvalue weighted by molar-refractivity contribution is -0.129. The Hall–Kier alpha value is -1.40. The lowest BCUT2D eigenvalue weighted by Crippen LogP contribution is -2.38. The number of hydrogen-bond donors (Lipinski definition) is 1.